The molecule has 0 unspecified atom stereocenters. The second-order valence-corrected chi connectivity index (χ2v) is 4.00. The predicted molar refractivity (Wildman–Crippen MR) is 69.4 cm³/mol. The van der Waals surface area contributed by atoms with Gasteiger partial charge < -0.3 is 4.74 Å². The van der Waals surface area contributed by atoms with Crippen molar-refractivity contribution in [3.8, 4) is 17.0 Å². The van der Waals surface area contributed by atoms with Gasteiger partial charge in [0.25, 0.3) is 0 Å². The average Bonchev–Trinajstić information content (AvgIpc) is 2.72. The van der Waals surface area contributed by atoms with Crippen molar-refractivity contribution >= 4 is 11.6 Å². The van der Waals surface area contributed by atoms with Crippen LogP contribution in [-0.4, -0.2) is 16.4 Å². The van der Waals surface area contributed by atoms with Gasteiger partial charge >= 0.3 is 0 Å². The van der Waals surface area contributed by atoms with Crippen LogP contribution >= 0.6 is 11.6 Å². The fourth-order valence-corrected chi connectivity index (χ4v) is 1.88. The smallest absolute Gasteiger partial charge is 0.119 e. The number of hydrogen-bond acceptors (Lipinski definition) is 2. The highest BCUT2D eigenvalue weighted by Crippen LogP contribution is 2.23. The van der Waals surface area contributed by atoms with E-state index in [1.807, 2.05) is 49.0 Å². The van der Waals surface area contributed by atoms with E-state index >= 15 is 0 Å². The van der Waals surface area contributed by atoms with Crippen molar-refractivity contribution in [2.45, 2.75) is 12.8 Å². The van der Waals surface area contributed by atoms with Crippen LogP contribution < -0.4 is 4.74 Å². The number of rotatable bonds is 4. The number of benzene rings is 1. The van der Waals surface area contributed by atoms with Gasteiger partial charge in [0.15, 0.2) is 0 Å². The van der Waals surface area contributed by atoms with E-state index in [0.717, 1.165) is 22.7 Å². The molecular formula is C13H15ClN2O. The number of aromatic nitrogens is 2. The van der Waals surface area contributed by atoms with Gasteiger partial charge in [-0.05, 0) is 37.3 Å². The first-order chi connectivity index (χ1) is 8.24. The summed E-state index contributed by atoms with van der Waals surface area (Å²) < 4.78 is 7.25. The molecule has 0 N–H and O–H groups in total. The third-order valence-electron chi connectivity index (χ3n) is 2.53. The first-order valence-corrected chi connectivity index (χ1v) is 6.10. The lowest BCUT2D eigenvalue weighted by molar-refractivity contribution is 0.340. The zero-order valence-corrected chi connectivity index (χ0v) is 10.7. The average molecular weight is 251 g/mol. The standard InChI is InChI=1S/C13H15ClN2O/c1-3-17-12-6-4-10(5-7-12)13-8-11(9-14)15-16(13)2/h4-8H,3,9H2,1-2H3. The molecule has 17 heavy (non-hydrogen) atoms. The Balaban J connectivity index is 2.29. The van der Waals surface area contributed by atoms with Crippen LogP contribution in [0.2, 0.25) is 0 Å². The third kappa shape index (κ3) is 2.61. The second-order valence-electron chi connectivity index (χ2n) is 3.74. The van der Waals surface area contributed by atoms with Gasteiger partial charge in [-0.15, -0.1) is 11.6 Å². The van der Waals surface area contributed by atoms with E-state index < -0.39 is 0 Å². The largest absolute Gasteiger partial charge is 0.494 e. The lowest BCUT2D eigenvalue weighted by Crippen LogP contribution is -1.94. The summed E-state index contributed by atoms with van der Waals surface area (Å²) in [7, 11) is 1.92. The Morgan fingerprint density at radius 3 is 2.53 bits per heavy atom. The van der Waals surface area contributed by atoms with Crippen LogP contribution in [0.15, 0.2) is 30.3 Å². The Hall–Kier alpha value is -1.48. The van der Waals surface area contributed by atoms with Crippen molar-refractivity contribution < 1.29 is 4.74 Å². The molecule has 0 radical (unpaired) electrons. The molecule has 0 saturated carbocycles. The van der Waals surface area contributed by atoms with E-state index in [4.69, 9.17) is 16.3 Å². The first-order valence-electron chi connectivity index (χ1n) is 5.56. The molecule has 0 amide bonds. The molecule has 0 aliphatic rings. The molecule has 0 fully saturated rings. The van der Waals surface area contributed by atoms with Crippen LogP contribution in [0.5, 0.6) is 5.75 Å². The van der Waals surface area contributed by atoms with Crippen molar-refractivity contribution in [1.82, 2.24) is 9.78 Å². The minimum atomic E-state index is 0.435. The highest BCUT2D eigenvalue weighted by molar-refractivity contribution is 6.16. The van der Waals surface area contributed by atoms with Crippen LogP contribution in [0.4, 0.5) is 0 Å². The molecule has 0 atom stereocenters. The van der Waals surface area contributed by atoms with Crippen molar-refractivity contribution in [2.75, 3.05) is 6.61 Å². The minimum absolute atomic E-state index is 0.435. The van der Waals surface area contributed by atoms with Crippen LogP contribution in [-0.2, 0) is 12.9 Å². The van der Waals surface area contributed by atoms with E-state index in [1.54, 1.807) is 0 Å². The number of ether oxygens (including phenoxy) is 1. The lowest BCUT2D eigenvalue weighted by atomic mass is 10.1. The highest BCUT2D eigenvalue weighted by atomic mass is 35.5. The van der Waals surface area contributed by atoms with Gasteiger partial charge in [-0.25, -0.2) is 0 Å². The summed E-state index contributed by atoms with van der Waals surface area (Å²) in [6.45, 7) is 2.66. The number of hydrogen-bond donors (Lipinski definition) is 0. The summed E-state index contributed by atoms with van der Waals surface area (Å²) in [6, 6.07) is 9.99. The summed E-state index contributed by atoms with van der Waals surface area (Å²) >= 11 is 5.77. The quantitative estimate of drug-likeness (QED) is 0.779. The minimum Gasteiger partial charge on any atom is -0.494 e. The summed E-state index contributed by atoms with van der Waals surface area (Å²) in [5.41, 5.74) is 3.06. The molecule has 3 nitrogen and oxygen atoms in total. The maximum Gasteiger partial charge on any atom is 0.119 e. The fourth-order valence-electron chi connectivity index (χ4n) is 1.75. The van der Waals surface area contributed by atoms with E-state index in [1.165, 1.54) is 0 Å². The molecule has 90 valence electrons. The third-order valence-corrected chi connectivity index (χ3v) is 2.80. The van der Waals surface area contributed by atoms with Crippen molar-refractivity contribution in [3.05, 3.63) is 36.0 Å². The normalized spacial score (nSPS) is 10.5. The Labute approximate surface area is 106 Å². The maximum atomic E-state index is 5.77. The fraction of sp³-hybridized carbons (Fsp3) is 0.308. The molecule has 0 saturated heterocycles. The molecule has 2 aromatic rings. The molecule has 0 spiro atoms. The van der Waals surface area contributed by atoms with Gasteiger partial charge in [-0.3, -0.25) is 4.68 Å². The number of nitrogens with zero attached hydrogens (tertiary/aromatic N) is 2. The highest BCUT2D eigenvalue weighted by Gasteiger charge is 2.06. The summed E-state index contributed by atoms with van der Waals surface area (Å²) in [5.74, 6) is 1.32. The van der Waals surface area contributed by atoms with E-state index in [9.17, 15) is 0 Å². The van der Waals surface area contributed by atoms with Crippen molar-refractivity contribution in [3.63, 3.8) is 0 Å². The van der Waals surface area contributed by atoms with E-state index in [2.05, 4.69) is 5.10 Å². The summed E-state index contributed by atoms with van der Waals surface area (Å²) in [6.07, 6.45) is 0. The van der Waals surface area contributed by atoms with Crippen molar-refractivity contribution in [2.24, 2.45) is 7.05 Å². The predicted octanol–water partition coefficient (Wildman–Crippen LogP) is 3.22. The molecule has 1 heterocycles. The maximum absolute atomic E-state index is 5.77. The second kappa shape index (κ2) is 5.23. The SMILES string of the molecule is CCOc1ccc(-c2cc(CCl)nn2C)cc1. The van der Waals surface area contributed by atoms with Crippen LogP contribution in [0.3, 0.4) is 0 Å². The zero-order chi connectivity index (χ0) is 12.3. The number of alkyl halides is 1. The Bertz CT molecular complexity index is 491. The summed E-state index contributed by atoms with van der Waals surface area (Å²) in [5, 5.41) is 4.32. The van der Waals surface area contributed by atoms with E-state index in [-0.39, 0.29) is 0 Å². The first kappa shape index (κ1) is 12.0. The van der Waals surface area contributed by atoms with Crippen LogP contribution in [0.1, 0.15) is 12.6 Å². The lowest BCUT2D eigenvalue weighted by Gasteiger charge is -2.05. The van der Waals surface area contributed by atoms with Gasteiger partial charge in [0.2, 0.25) is 0 Å². The Kier molecular flexibility index (Phi) is 3.69. The zero-order valence-electron chi connectivity index (χ0n) is 9.98. The molecule has 4 heteroatoms. The molecule has 2 rings (SSSR count). The van der Waals surface area contributed by atoms with Crippen molar-refractivity contribution in [1.29, 1.82) is 0 Å². The monoisotopic (exact) mass is 250 g/mol. The van der Waals surface area contributed by atoms with Crippen LogP contribution in [0, 0.1) is 0 Å². The van der Waals surface area contributed by atoms with Gasteiger partial charge in [-0.2, -0.15) is 5.10 Å². The number of halogens is 1. The number of aryl methyl sites for hydroxylation is 1. The molecule has 1 aromatic heterocycles. The van der Waals surface area contributed by atoms with Gasteiger partial charge in [0, 0.05) is 12.6 Å². The molecule has 0 aliphatic heterocycles. The van der Waals surface area contributed by atoms with Gasteiger partial charge in [0.1, 0.15) is 5.75 Å². The summed E-state index contributed by atoms with van der Waals surface area (Å²) in [4.78, 5) is 0. The molecule has 1 aromatic carbocycles. The topological polar surface area (TPSA) is 27.1 Å². The van der Waals surface area contributed by atoms with Gasteiger partial charge in [0.05, 0.1) is 23.9 Å². The van der Waals surface area contributed by atoms with Crippen LogP contribution in [0.25, 0.3) is 11.3 Å². The van der Waals surface area contributed by atoms with E-state index in [0.29, 0.717) is 12.5 Å². The Morgan fingerprint density at radius 1 is 1.29 bits per heavy atom. The van der Waals surface area contributed by atoms with Gasteiger partial charge in [-0.1, -0.05) is 0 Å². The molecule has 0 aliphatic carbocycles. The molecular weight excluding hydrogens is 236 g/mol. The Morgan fingerprint density at radius 2 is 2.00 bits per heavy atom. The molecule has 0 bridgehead atoms.